The maximum atomic E-state index is 14.2. The van der Waals surface area contributed by atoms with Gasteiger partial charge in [-0.05, 0) is 32.1 Å². The topological polar surface area (TPSA) is 321 Å². The third-order valence-electron chi connectivity index (χ3n) is 11.4. The zero-order chi connectivity index (χ0) is 51.5. The molecule has 0 radical (unpaired) electrons. The van der Waals surface area contributed by atoms with Crippen LogP contribution < -0.4 is 42.5 Å². The first-order valence-corrected chi connectivity index (χ1v) is 25.8. The van der Waals surface area contributed by atoms with Gasteiger partial charge < -0.3 is 72.1 Å². The number of rotatable bonds is 46. The molecule has 8 amide bonds. The molecule has 4 atom stereocenters. The van der Waals surface area contributed by atoms with Crippen molar-refractivity contribution in [2.24, 2.45) is 0 Å². The monoisotopic (exact) mass is 1000 g/mol. The second-order valence-electron chi connectivity index (χ2n) is 17.4. The van der Waals surface area contributed by atoms with Gasteiger partial charge in [-0.1, -0.05) is 90.4 Å². The Labute approximate surface area is 414 Å². The predicted molar refractivity (Wildman–Crippen MR) is 261 cm³/mol. The molecule has 0 saturated carbocycles. The van der Waals surface area contributed by atoms with E-state index in [4.69, 9.17) is 29.5 Å². The van der Waals surface area contributed by atoms with Gasteiger partial charge in [0.05, 0.1) is 59.5 Å². The van der Waals surface area contributed by atoms with Crippen molar-refractivity contribution in [1.82, 2.24) is 42.5 Å². The van der Waals surface area contributed by atoms with Crippen LogP contribution in [0.15, 0.2) is 0 Å². The molecular formula is C48H88N8O14. The van der Waals surface area contributed by atoms with E-state index in [1.165, 1.54) is 57.8 Å². The predicted octanol–water partition coefficient (Wildman–Crippen LogP) is 0.0328. The van der Waals surface area contributed by atoms with Crippen molar-refractivity contribution in [1.29, 1.82) is 0 Å². The molecule has 1 aliphatic rings. The number of carbonyl (C=O) groups is 8. The number of nitrogens with one attached hydrogen (secondary N) is 8. The molecule has 1 saturated heterocycles. The Bertz CT molecular complexity index is 1480. The highest BCUT2D eigenvalue weighted by Crippen LogP contribution is 2.14. The van der Waals surface area contributed by atoms with E-state index in [0.29, 0.717) is 13.0 Å². The van der Waals surface area contributed by atoms with Crippen LogP contribution in [0.2, 0.25) is 0 Å². The lowest BCUT2D eigenvalue weighted by atomic mass is 10.0. The second-order valence-corrected chi connectivity index (χ2v) is 17.4. The Morgan fingerprint density at radius 2 is 0.871 bits per heavy atom. The van der Waals surface area contributed by atoms with Crippen LogP contribution in [0.5, 0.6) is 0 Å². The molecule has 404 valence electrons. The van der Waals surface area contributed by atoms with Crippen molar-refractivity contribution < 1.29 is 67.9 Å². The van der Waals surface area contributed by atoms with Crippen molar-refractivity contribution in [3.63, 3.8) is 0 Å². The van der Waals surface area contributed by atoms with Gasteiger partial charge in [0.2, 0.25) is 47.3 Å². The average Bonchev–Trinajstić information content (AvgIpc) is 3.79. The summed E-state index contributed by atoms with van der Waals surface area (Å²) in [5.41, 5.74) is 0. The molecule has 1 aliphatic heterocycles. The van der Waals surface area contributed by atoms with E-state index in [9.17, 15) is 38.4 Å². The summed E-state index contributed by atoms with van der Waals surface area (Å²) in [5, 5.41) is 48.0. The van der Waals surface area contributed by atoms with Gasteiger partial charge in [-0.25, -0.2) is 0 Å². The van der Waals surface area contributed by atoms with Gasteiger partial charge in [0.1, 0.15) is 24.2 Å². The molecule has 0 unspecified atom stereocenters. The molecule has 70 heavy (non-hydrogen) atoms. The fourth-order valence-electron chi connectivity index (χ4n) is 7.47. The Hall–Kier alpha value is -4.48. The number of amides is 8. The van der Waals surface area contributed by atoms with Gasteiger partial charge in [-0.15, -0.1) is 0 Å². The van der Waals surface area contributed by atoms with Crippen molar-refractivity contribution in [2.45, 2.75) is 172 Å². The lowest BCUT2D eigenvalue weighted by Crippen LogP contribution is -2.58. The molecule has 1 rings (SSSR count). The van der Waals surface area contributed by atoms with E-state index in [-0.39, 0.29) is 136 Å². The molecule has 0 aromatic carbocycles. The lowest BCUT2D eigenvalue weighted by molar-refractivity contribution is -0.135. The molecule has 0 bridgehead atoms. The number of hydrogen-bond acceptors (Lipinski definition) is 14. The van der Waals surface area contributed by atoms with Crippen molar-refractivity contribution in [2.75, 3.05) is 85.6 Å². The Morgan fingerprint density at radius 3 is 1.24 bits per heavy atom. The van der Waals surface area contributed by atoms with Crippen LogP contribution in [-0.2, 0) is 52.6 Å². The van der Waals surface area contributed by atoms with Crippen LogP contribution in [0.1, 0.15) is 148 Å². The highest BCUT2D eigenvalue weighted by atomic mass is 16.5. The molecule has 0 spiro atoms. The van der Waals surface area contributed by atoms with Gasteiger partial charge in [-0.2, -0.15) is 0 Å². The third-order valence-corrected chi connectivity index (χ3v) is 11.4. The summed E-state index contributed by atoms with van der Waals surface area (Å²) < 4.78 is 15.5. The first kappa shape index (κ1) is 63.5. The Balaban J connectivity index is 3.13. The highest BCUT2D eigenvalue weighted by Gasteiger charge is 2.33. The highest BCUT2D eigenvalue weighted by molar-refractivity contribution is 5.97. The maximum absolute atomic E-state index is 14.2. The molecule has 1 fully saturated rings. The second kappa shape index (κ2) is 43.3. The quantitative estimate of drug-likeness (QED) is 0.0359. The standard InChI is InChI=1S/C48H88N8O14/c1-2-3-4-5-6-7-8-9-10-11-12-13-14-15-24-52-45(64)37(16-20-41(60)49-25-31-68-34-28-57)54-47(66)39(17-21-42(61)50-26-32-69-35-29-58)56-48(67)40(55-46(65)38-19-23-44(63)53-38)18-22-43(62)51-27-33-70-36-30-59/h37-40,57-59H,2-36H2,1H3,(H,49,60)(H,50,61)(H,51,62)(H,52,64)(H,53,63)(H,54,66)(H,55,65)(H,56,67)/t37-,38-,39-,40-/m0/s1. The fraction of sp³-hybridized carbons (Fsp3) is 0.833. The third kappa shape index (κ3) is 33.9. The zero-order valence-corrected chi connectivity index (χ0v) is 41.9. The Kier molecular flexibility index (Phi) is 39.3. The van der Waals surface area contributed by atoms with Crippen LogP contribution in [-0.4, -0.2) is 172 Å². The Morgan fingerprint density at radius 1 is 0.500 bits per heavy atom. The van der Waals surface area contributed by atoms with Crippen molar-refractivity contribution in [3.8, 4) is 0 Å². The van der Waals surface area contributed by atoms with Crippen LogP contribution in [0, 0.1) is 0 Å². The first-order valence-electron chi connectivity index (χ1n) is 25.8. The largest absolute Gasteiger partial charge is 0.394 e. The van der Waals surface area contributed by atoms with Crippen LogP contribution >= 0.6 is 0 Å². The molecular weight excluding hydrogens is 913 g/mol. The summed E-state index contributed by atoms with van der Waals surface area (Å²) in [6.07, 6.45) is 15.4. The summed E-state index contributed by atoms with van der Waals surface area (Å²) >= 11 is 0. The molecule has 22 heteroatoms. The maximum Gasteiger partial charge on any atom is 0.243 e. The number of ether oxygens (including phenoxy) is 3. The SMILES string of the molecule is CCCCCCCCCCCCCCCCNC(=O)[C@H](CCC(=O)NCCOCCO)NC(=O)[C@H](CCC(=O)NCCOCCO)NC(=O)[C@H](CCC(=O)NCCOCCO)NC(=O)[C@@H]1CCC(=O)N1. The van der Waals surface area contributed by atoms with Crippen molar-refractivity contribution >= 4 is 47.3 Å². The van der Waals surface area contributed by atoms with Crippen molar-refractivity contribution in [3.05, 3.63) is 0 Å². The van der Waals surface area contributed by atoms with E-state index >= 15 is 0 Å². The summed E-state index contributed by atoms with van der Waals surface area (Å²) in [5.74, 6) is -4.70. The van der Waals surface area contributed by atoms with Gasteiger partial charge in [-0.3, -0.25) is 38.4 Å². The molecule has 0 aliphatic carbocycles. The average molecular weight is 1000 g/mol. The van der Waals surface area contributed by atoms with E-state index in [1.807, 2.05) is 0 Å². The minimum Gasteiger partial charge on any atom is -0.394 e. The van der Waals surface area contributed by atoms with E-state index in [0.717, 1.165) is 25.7 Å². The normalized spacial score (nSPS) is 14.5. The van der Waals surface area contributed by atoms with Gasteiger partial charge in [0, 0.05) is 51.9 Å². The fourth-order valence-corrected chi connectivity index (χ4v) is 7.47. The molecule has 1 heterocycles. The number of carbonyl (C=O) groups excluding carboxylic acids is 8. The summed E-state index contributed by atoms with van der Waals surface area (Å²) in [4.78, 5) is 105. The van der Waals surface area contributed by atoms with Crippen LogP contribution in [0.4, 0.5) is 0 Å². The molecule has 0 aromatic heterocycles. The number of aliphatic hydroxyl groups excluding tert-OH is 3. The molecule has 0 aromatic rings. The van der Waals surface area contributed by atoms with E-state index < -0.39 is 65.5 Å². The van der Waals surface area contributed by atoms with Gasteiger partial charge in [0.25, 0.3) is 0 Å². The van der Waals surface area contributed by atoms with Gasteiger partial charge in [0.15, 0.2) is 0 Å². The molecule has 11 N–H and O–H groups in total. The lowest BCUT2D eigenvalue weighted by Gasteiger charge is -2.26. The number of aliphatic hydroxyl groups is 3. The van der Waals surface area contributed by atoms with Gasteiger partial charge >= 0.3 is 0 Å². The van der Waals surface area contributed by atoms with E-state index in [2.05, 4.69) is 49.5 Å². The number of hydrogen-bond donors (Lipinski definition) is 11. The first-order chi connectivity index (χ1) is 33.9. The summed E-state index contributed by atoms with van der Waals surface area (Å²) in [6.45, 7) is 2.99. The minimum atomic E-state index is -1.45. The smallest absolute Gasteiger partial charge is 0.243 e. The van der Waals surface area contributed by atoms with Crippen LogP contribution in [0.25, 0.3) is 0 Å². The van der Waals surface area contributed by atoms with Crippen LogP contribution in [0.3, 0.4) is 0 Å². The van der Waals surface area contributed by atoms with E-state index in [1.54, 1.807) is 0 Å². The molecule has 22 nitrogen and oxygen atoms in total. The number of unbranched alkanes of at least 4 members (excludes halogenated alkanes) is 13. The minimum absolute atomic E-state index is 0.0740. The zero-order valence-electron chi connectivity index (χ0n) is 41.9. The summed E-state index contributed by atoms with van der Waals surface area (Å²) in [6, 6.07) is -5.01. The summed E-state index contributed by atoms with van der Waals surface area (Å²) in [7, 11) is 0.